The van der Waals surface area contributed by atoms with Crippen molar-refractivity contribution in [2.45, 2.75) is 12.6 Å². The Bertz CT molecular complexity index is 881. The van der Waals surface area contributed by atoms with Gasteiger partial charge in [0.1, 0.15) is 5.69 Å². The van der Waals surface area contributed by atoms with Crippen LogP contribution < -0.4 is 4.90 Å². The molecule has 1 aromatic carbocycles. The summed E-state index contributed by atoms with van der Waals surface area (Å²) in [6, 6.07) is 10.1. The van der Waals surface area contributed by atoms with Crippen LogP contribution in [0.2, 0.25) is 0 Å². The molecule has 2 aliphatic rings. The van der Waals surface area contributed by atoms with E-state index in [1.54, 1.807) is 6.08 Å². The summed E-state index contributed by atoms with van der Waals surface area (Å²) in [6.07, 6.45) is 1.09. The van der Waals surface area contributed by atoms with Gasteiger partial charge in [0, 0.05) is 57.9 Å². The van der Waals surface area contributed by atoms with Crippen LogP contribution in [0.5, 0.6) is 0 Å². The highest BCUT2D eigenvalue weighted by atomic mass is 16.5. The molecule has 0 unspecified atom stereocenters. The van der Waals surface area contributed by atoms with Crippen LogP contribution >= 0.6 is 0 Å². The second-order valence-corrected chi connectivity index (χ2v) is 8.95. The summed E-state index contributed by atoms with van der Waals surface area (Å²) in [5.74, 6) is 0.793. The van der Waals surface area contributed by atoms with E-state index in [1.165, 1.54) is 0 Å². The van der Waals surface area contributed by atoms with Crippen LogP contribution in [-0.4, -0.2) is 112 Å². The van der Waals surface area contributed by atoms with Gasteiger partial charge in [-0.05, 0) is 0 Å². The Hall–Kier alpha value is -2.27. The summed E-state index contributed by atoms with van der Waals surface area (Å²) in [5.41, 5.74) is 2.91. The Morgan fingerprint density at radius 1 is 1.09 bits per heavy atom. The molecule has 192 valence electrons. The summed E-state index contributed by atoms with van der Waals surface area (Å²) >= 11 is 0. The van der Waals surface area contributed by atoms with E-state index in [9.17, 15) is 5.11 Å². The Balaban J connectivity index is 1.55. The maximum atomic E-state index is 10.7. The molecule has 1 atom stereocenters. The predicted octanol–water partition coefficient (Wildman–Crippen LogP) is 1.88. The van der Waals surface area contributed by atoms with Crippen molar-refractivity contribution >= 4 is 5.88 Å². The Morgan fingerprint density at radius 2 is 1.80 bits per heavy atom. The Labute approximate surface area is 207 Å². The van der Waals surface area contributed by atoms with Crippen molar-refractivity contribution in [1.29, 1.82) is 0 Å². The van der Waals surface area contributed by atoms with Crippen LogP contribution in [0.25, 0.3) is 11.3 Å². The molecule has 9 heteroatoms. The van der Waals surface area contributed by atoms with Crippen LogP contribution in [0, 0.1) is 0 Å². The fourth-order valence-electron chi connectivity index (χ4n) is 4.49. The number of hydrogen-bond donors (Lipinski definition) is 1. The number of nitrogens with zero attached hydrogens (tertiary/aromatic N) is 4. The number of morpholine rings is 2. The lowest BCUT2D eigenvalue weighted by Crippen LogP contribution is -2.43. The second kappa shape index (κ2) is 13.7. The topological polar surface area (TPSA) is 83.7 Å². The minimum absolute atomic E-state index is 0.269. The number of rotatable bonds is 13. The van der Waals surface area contributed by atoms with E-state index < -0.39 is 6.10 Å². The number of aliphatic hydroxyl groups excluding tert-OH is 1. The quantitative estimate of drug-likeness (QED) is 0.337. The van der Waals surface area contributed by atoms with Gasteiger partial charge in [-0.25, -0.2) is 0 Å². The molecule has 0 amide bonds. The molecule has 4 rings (SSSR count). The maximum Gasteiger partial charge on any atom is 0.232 e. The van der Waals surface area contributed by atoms with Crippen LogP contribution in [0.15, 0.2) is 47.5 Å². The van der Waals surface area contributed by atoms with E-state index in [0.717, 1.165) is 75.2 Å². The molecule has 2 aliphatic heterocycles. The third-order valence-corrected chi connectivity index (χ3v) is 6.35. The molecular formula is C26H38N4O5. The monoisotopic (exact) mass is 486 g/mol. The summed E-state index contributed by atoms with van der Waals surface area (Å²) in [4.78, 5) is 6.90. The van der Waals surface area contributed by atoms with Crippen molar-refractivity contribution in [2.24, 2.45) is 0 Å². The minimum Gasteiger partial charge on any atom is -0.389 e. The first-order valence-corrected chi connectivity index (χ1v) is 12.5. The molecule has 0 saturated carbocycles. The van der Waals surface area contributed by atoms with Gasteiger partial charge in [0.25, 0.3) is 0 Å². The van der Waals surface area contributed by atoms with E-state index >= 15 is 0 Å². The average molecular weight is 487 g/mol. The smallest absolute Gasteiger partial charge is 0.232 e. The van der Waals surface area contributed by atoms with Gasteiger partial charge >= 0.3 is 0 Å². The molecule has 0 bridgehead atoms. The molecule has 2 fully saturated rings. The van der Waals surface area contributed by atoms with Gasteiger partial charge in [-0.15, -0.1) is 6.58 Å². The van der Waals surface area contributed by atoms with Gasteiger partial charge < -0.3 is 28.7 Å². The van der Waals surface area contributed by atoms with Crippen molar-refractivity contribution in [2.75, 3.05) is 90.4 Å². The first-order valence-electron chi connectivity index (χ1n) is 12.5. The summed E-state index contributed by atoms with van der Waals surface area (Å²) in [7, 11) is 0. The Kier molecular flexibility index (Phi) is 10.1. The number of aliphatic hydroxyl groups is 1. The van der Waals surface area contributed by atoms with Gasteiger partial charge in [0.2, 0.25) is 5.88 Å². The van der Waals surface area contributed by atoms with Gasteiger partial charge in [-0.3, -0.25) is 9.80 Å². The maximum absolute atomic E-state index is 10.7. The Morgan fingerprint density at radius 3 is 2.51 bits per heavy atom. The number of anilines is 1. The highest BCUT2D eigenvalue weighted by Gasteiger charge is 2.26. The SMILES string of the molecule is C=CCOC[C@H](O)CN(CCN1CCOCC1)Cc1c(-c2ccccc2)noc1N1CCOCC1. The number of hydrogen-bond acceptors (Lipinski definition) is 9. The highest BCUT2D eigenvalue weighted by Crippen LogP contribution is 2.33. The fraction of sp³-hybridized carbons (Fsp3) is 0.577. The highest BCUT2D eigenvalue weighted by molar-refractivity contribution is 5.68. The van der Waals surface area contributed by atoms with Crippen LogP contribution in [0.4, 0.5) is 5.88 Å². The molecule has 0 spiro atoms. The summed E-state index contributed by atoms with van der Waals surface area (Å²) in [5, 5.41) is 15.2. The zero-order valence-electron chi connectivity index (χ0n) is 20.5. The first-order chi connectivity index (χ1) is 17.2. The molecule has 35 heavy (non-hydrogen) atoms. The molecule has 2 saturated heterocycles. The van der Waals surface area contributed by atoms with E-state index in [0.29, 0.717) is 32.9 Å². The summed E-state index contributed by atoms with van der Waals surface area (Å²) in [6.45, 7) is 13.5. The van der Waals surface area contributed by atoms with Gasteiger partial charge in [-0.1, -0.05) is 41.6 Å². The predicted molar refractivity (Wildman–Crippen MR) is 135 cm³/mol. The van der Waals surface area contributed by atoms with Gasteiger partial charge in [0.05, 0.1) is 51.3 Å². The molecular weight excluding hydrogens is 448 g/mol. The largest absolute Gasteiger partial charge is 0.389 e. The number of aromatic nitrogens is 1. The van der Waals surface area contributed by atoms with Gasteiger partial charge in [-0.2, -0.15) is 0 Å². The van der Waals surface area contributed by atoms with Crippen LogP contribution in [-0.2, 0) is 20.8 Å². The first kappa shape index (κ1) is 25.8. The minimum atomic E-state index is -0.605. The average Bonchev–Trinajstić information content (AvgIpc) is 3.32. The lowest BCUT2D eigenvalue weighted by molar-refractivity contribution is 0.0128. The van der Waals surface area contributed by atoms with Crippen molar-refractivity contribution in [3.8, 4) is 11.3 Å². The van der Waals surface area contributed by atoms with Crippen molar-refractivity contribution in [3.05, 3.63) is 48.6 Å². The third kappa shape index (κ3) is 7.60. The summed E-state index contributed by atoms with van der Waals surface area (Å²) < 4.78 is 22.5. The lowest BCUT2D eigenvalue weighted by atomic mass is 10.1. The molecule has 9 nitrogen and oxygen atoms in total. The second-order valence-electron chi connectivity index (χ2n) is 8.95. The molecule has 0 radical (unpaired) electrons. The van der Waals surface area contributed by atoms with Crippen molar-refractivity contribution in [3.63, 3.8) is 0 Å². The molecule has 1 N–H and O–H groups in total. The zero-order valence-corrected chi connectivity index (χ0v) is 20.5. The molecule has 2 aromatic rings. The van der Waals surface area contributed by atoms with Crippen molar-refractivity contribution < 1.29 is 23.8 Å². The number of ether oxygens (including phenoxy) is 3. The molecule has 1 aromatic heterocycles. The van der Waals surface area contributed by atoms with E-state index in [-0.39, 0.29) is 6.61 Å². The fourth-order valence-corrected chi connectivity index (χ4v) is 4.49. The van der Waals surface area contributed by atoms with Crippen molar-refractivity contribution in [1.82, 2.24) is 15.0 Å². The number of benzene rings is 1. The molecule has 0 aliphatic carbocycles. The standard InChI is InChI=1S/C26H38N4O5/c1-2-14-34-21-23(31)19-29(9-8-28-10-15-32-16-11-28)20-24-25(22-6-4-3-5-7-22)27-35-26(24)30-12-17-33-18-13-30/h2-7,23,31H,1,8-21H2/t23-/m1/s1. The molecule has 3 heterocycles. The normalized spacial score (nSPS) is 18.2. The van der Waals surface area contributed by atoms with E-state index in [2.05, 4.69) is 38.6 Å². The lowest BCUT2D eigenvalue weighted by Gasteiger charge is -2.32. The van der Waals surface area contributed by atoms with Gasteiger partial charge in [0.15, 0.2) is 0 Å². The van der Waals surface area contributed by atoms with E-state index in [4.69, 9.17) is 18.7 Å². The van der Waals surface area contributed by atoms with Crippen LogP contribution in [0.3, 0.4) is 0 Å². The van der Waals surface area contributed by atoms with E-state index in [1.807, 2.05) is 18.2 Å². The zero-order chi connectivity index (χ0) is 24.3. The third-order valence-electron chi connectivity index (χ3n) is 6.35. The van der Waals surface area contributed by atoms with Crippen LogP contribution in [0.1, 0.15) is 5.56 Å².